The Morgan fingerprint density at radius 1 is 1.12 bits per heavy atom. The summed E-state index contributed by atoms with van der Waals surface area (Å²) < 4.78 is 10.3. The molecule has 2 N–H and O–H groups in total. The maximum atomic E-state index is 12.4. The molecule has 0 atom stereocenters. The van der Waals surface area contributed by atoms with Gasteiger partial charge in [-0.2, -0.15) is 0 Å². The molecule has 0 unspecified atom stereocenters. The minimum atomic E-state index is -0.517. The topological polar surface area (TPSA) is 80.4 Å². The van der Waals surface area contributed by atoms with Crippen molar-refractivity contribution in [2.24, 2.45) is 0 Å². The maximum absolute atomic E-state index is 12.4. The quantitative estimate of drug-likeness (QED) is 0.669. The van der Waals surface area contributed by atoms with Crippen molar-refractivity contribution in [2.45, 2.75) is 13.5 Å². The van der Waals surface area contributed by atoms with Crippen molar-refractivity contribution in [3.63, 3.8) is 0 Å². The fraction of sp³-hybridized carbons (Fsp3) is 0.200. The maximum Gasteiger partial charge on any atom is 0.341 e. The van der Waals surface area contributed by atoms with Crippen LogP contribution in [0, 0.1) is 6.92 Å². The lowest BCUT2D eigenvalue weighted by Crippen LogP contribution is -2.28. The smallest absolute Gasteiger partial charge is 0.341 e. The van der Waals surface area contributed by atoms with E-state index in [2.05, 4.69) is 10.3 Å². The lowest BCUT2D eigenvalue weighted by atomic mass is 10.1. The summed E-state index contributed by atoms with van der Waals surface area (Å²) in [5.41, 5.74) is 2.94. The van der Waals surface area contributed by atoms with E-state index < -0.39 is 5.97 Å². The summed E-state index contributed by atoms with van der Waals surface area (Å²) in [4.78, 5) is 27.5. The molecule has 26 heavy (non-hydrogen) atoms. The van der Waals surface area contributed by atoms with E-state index >= 15 is 0 Å². The number of ether oxygens (including phenoxy) is 2. The average Bonchev–Trinajstić information content (AvgIpc) is 3.00. The minimum absolute atomic E-state index is 0.332. The molecule has 3 aromatic rings. The third-order valence-electron chi connectivity index (χ3n) is 4.06. The monoisotopic (exact) mass is 352 g/mol. The molecule has 0 radical (unpaired) electrons. The summed E-state index contributed by atoms with van der Waals surface area (Å²) in [5.74, 6) is -0.159. The van der Waals surface area contributed by atoms with Crippen LogP contribution in [0.2, 0.25) is 0 Å². The number of aromatic nitrogens is 1. The second-order valence-electron chi connectivity index (χ2n) is 5.87. The predicted octanol–water partition coefficient (Wildman–Crippen LogP) is 2.96. The van der Waals surface area contributed by atoms with Gasteiger partial charge in [-0.3, -0.25) is 4.79 Å². The van der Waals surface area contributed by atoms with Crippen LogP contribution in [0.1, 0.15) is 21.6 Å². The van der Waals surface area contributed by atoms with Crippen LogP contribution in [0.3, 0.4) is 0 Å². The summed E-state index contributed by atoms with van der Waals surface area (Å²) in [7, 11) is 1.59. The molecule has 0 saturated heterocycles. The van der Waals surface area contributed by atoms with Crippen LogP contribution in [-0.2, 0) is 16.1 Å². The molecule has 1 aromatic heterocycles. The van der Waals surface area contributed by atoms with E-state index in [1.54, 1.807) is 14.0 Å². The first kappa shape index (κ1) is 17.5. The first-order valence-electron chi connectivity index (χ1n) is 8.22. The predicted molar refractivity (Wildman–Crippen MR) is 98.2 cm³/mol. The average molecular weight is 352 g/mol. The van der Waals surface area contributed by atoms with Crippen molar-refractivity contribution >= 4 is 22.8 Å². The molecule has 0 fully saturated rings. The molecule has 0 aliphatic heterocycles. The van der Waals surface area contributed by atoms with Gasteiger partial charge in [-0.05, 0) is 30.7 Å². The number of aromatic amines is 1. The Bertz CT molecular complexity index is 946. The molecule has 2 aromatic carbocycles. The van der Waals surface area contributed by atoms with Gasteiger partial charge in [0.2, 0.25) is 0 Å². The molecule has 0 spiro atoms. The van der Waals surface area contributed by atoms with Gasteiger partial charge in [0.15, 0.2) is 6.61 Å². The molecule has 1 amide bonds. The van der Waals surface area contributed by atoms with Crippen LogP contribution < -0.4 is 10.1 Å². The van der Waals surface area contributed by atoms with Gasteiger partial charge in [-0.15, -0.1) is 0 Å². The minimum Gasteiger partial charge on any atom is -0.497 e. The molecule has 1 heterocycles. The SMILES string of the molecule is COc1cccc(CNC(=O)COC(=O)c2c(C)[nH]c3ccccc23)c1. The number of H-pyrrole nitrogens is 1. The highest BCUT2D eigenvalue weighted by Crippen LogP contribution is 2.22. The third kappa shape index (κ3) is 3.85. The van der Waals surface area contributed by atoms with Gasteiger partial charge < -0.3 is 19.8 Å². The lowest BCUT2D eigenvalue weighted by Gasteiger charge is -2.08. The summed E-state index contributed by atoms with van der Waals surface area (Å²) >= 11 is 0. The zero-order valence-corrected chi connectivity index (χ0v) is 14.7. The van der Waals surface area contributed by atoms with Crippen LogP contribution in [0.5, 0.6) is 5.75 Å². The van der Waals surface area contributed by atoms with E-state index in [4.69, 9.17) is 9.47 Å². The molecular weight excluding hydrogens is 332 g/mol. The van der Waals surface area contributed by atoms with Crippen molar-refractivity contribution < 1.29 is 19.1 Å². The Hall–Kier alpha value is -3.28. The number of amides is 1. The Labute approximate surface area is 151 Å². The fourth-order valence-electron chi connectivity index (χ4n) is 2.78. The summed E-state index contributed by atoms with van der Waals surface area (Å²) in [6, 6.07) is 14.9. The summed E-state index contributed by atoms with van der Waals surface area (Å²) in [6.45, 7) is 1.81. The largest absolute Gasteiger partial charge is 0.497 e. The summed E-state index contributed by atoms with van der Waals surface area (Å²) in [5, 5.41) is 3.51. The molecule has 3 rings (SSSR count). The van der Waals surface area contributed by atoms with Gasteiger partial charge in [0.25, 0.3) is 5.91 Å². The standard InChI is InChI=1S/C20H20N2O4/c1-13-19(16-8-3-4-9-17(16)22-13)20(24)26-12-18(23)21-11-14-6-5-7-15(10-14)25-2/h3-10,22H,11-12H2,1-2H3,(H,21,23). The van der Waals surface area contributed by atoms with E-state index in [0.717, 1.165) is 22.2 Å². The zero-order valence-electron chi connectivity index (χ0n) is 14.7. The van der Waals surface area contributed by atoms with Crippen molar-refractivity contribution in [3.8, 4) is 5.75 Å². The number of rotatable bonds is 6. The Balaban J connectivity index is 1.57. The molecule has 134 valence electrons. The normalized spacial score (nSPS) is 10.5. The fourth-order valence-corrected chi connectivity index (χ4v) is 2.78. The Morgan fingerprint density at radius 2 is 1.92 bits per heavy atom. The number of para-hydroxylation sites is 1. The van der Waals surface area contributed by atoms with E-state index in [1.165, 1.54) is 0 Å². The number of carbonyl (C=O) groups excluding carboxylic acids is 2. The highest BCUT2D eigenvalue weighted by molar-refractivity contribution is 6.05. The number of hydrogen-bond donors (Lipinski definition) is 2. The number of carbonyl (C=O) groups is 2. The lowest BCUT2D eigenvalue weighted by molar-refractivity contribution is -0.124. The van der Waals surface area contributed by atoms with Gasteiger partial charge in [-0.25, -0.2) is 4.79 Å². The molecule has 0 aliphatic rings. The van der Waals surface area contributed by atoms with Crippen molar-refractivity contribution in [1.29, 1.82) is 0 Å². The highest BCUT2D eigenvalue weighted by atomic mass is 16.5. The van der Waals surface area contributed by atoms with Gasteiger partial charge in [0.1, 0.15) is 5.75 Å². The van der Waals surface area contributed by atoms with Gasteiger partial charge in [0, 0.05) is 23.1 Å². The highest BCUT2D eigenvalue weighted by Gasteiger charge is 2.18. The van der Waals surface area contributed by atoms with Crippen LogP contribution in [0.25, 0.3) is 10.9 Å². The van der Waals surface area contributed by atoms with E-state index in [-0.39, 0.29) is 12.5 Å². The number of esters is 1. The van der Waals surface area contributed by atoms with Gasteiger partial charge in [-0.1, -0.05) is 30.3 Å². The van der Waals surface area contributed by atoms with Crippen molar-refractivity contribution in [1.82, 2.24) is 10.3 Å². The Kier molecular flexibility index (Phi) is 5.22. The summed E-state index contributed by atoms with van der Waals surface area (Å²) in [6.07, 6.45) is 0. The molecule has 0 bridgehead atoms. The number of hydrogen-bond acceptors (Lipinski definition) is 4. The second-order valence-corrected chi connectivity index (χ2v) is 5.87. The third-order valence-corrected chi connectivity index (χ3v) is 4.06. The molecule has 0 saturated carbocycles. The number of methoxy groups -OCH3 is 1. The molecule has 6 nitrogen and oxygen atoms in total. The van der Waals surface area contributed by atoms with Gasteiger partial charge in [0.05, 0.1) is 12.7 Å². The number of nitrogens with one attached hydrogen (secondary N) is 2. The second kappa shape index (κ2) is 7.74. The van der Waals surface area contributed by atoms with Crippen LogP contribution in [-0.4, -0.2) is 30.6 Å². The Morgan fingerprint density at radius 3 is 2.73 bits per heavy atom. The molecule has 6 heteroatoms. The number of benzene rings is 2. The molecular formula is C20H20N2O4. The number of fused-ring (bicyclic) bond motifs is 1. The van der Waals surface area contributed by atoms with E-state index in [1.807, 2.05) is 48.5 Å². The first-order valence-corrected chi connectivity index (χ1v) is 8.22. The van der Waals surface area contributed by atoms with Gasteiger partial charge >= 0.3 is 5.97 Å². The van der Waals surface area contributed by atoms with Crippen molar-refractivity contribution in [3.05, 3.63) is 65.4 Å². The molecule has 0 aliphatic carbocycles. The zero-order chi connectivity index (χ0) is 18.5. The van der Waals surface area contributed by atoms with Crippen LogP contribution in [0.15, 0.2) is 48.5 Å². The first-order chi connectivity index (χ1) is 12.6. The van der Waals surface area contributed by atoms with Crippen LogP contribution in [0.4, 0.5) is 0 Å². The number of aryl methyl sites for hydroxylation is 1. The van der Waals surface area contributed by atoms with E-state index in [0.29, 0.717) is 17.8 Å². The van der Waals surface area contributed by atoms with Crippen LogP contribution >= 0.6 is 0 Å². The van der Waals surface area contributed by atoms with Crippen molar-refractivity contribution in [2.75, 3.05) is 13.7 Å². The van der Waals surface area contributed by atoms with E-state index in [9.17, 15) is 9.59 Å².